The van der Waals surface area contributed by atoms with Crippen LogP contribution in [-0.4, -0.2) is 27.8 Å². The fraction of sp³-hybridized carbons (Fsp3) is 0.133. The highest BCUT2D eigenvalue weighted by Gasteiger charge is 2.05. The molecule has 5 nitrogen and oxygen atoms in total. The molecule has 0 saturated carbocycles. The summed E-state index contributed by atoms with van der Waals surface area (Å²) in [6.07, 6.45) is 3.30. The smallest absolute Gasteiger partial charge is 0.257 e. The van der Waals surface area contributed by atoms with E-state index in [2.05, 4.69) is 27.4 Å². The van der Waals surface area contributed by atoms with Crippen LogP contribution in [0.2, 0.25) is 0 Å². The molecule has 100 valence electrons. The largest absolute Gasteiger partial charge is 0.395 e. The van der Waals surface area contributed by atoms with Crippen LogP contribution in [0, 0.1) is 11.8 Å². The lowest BCUT2D eigenvalue weighted by Crippen LogP contribution is -2.12. The van der Waals surface area contributed by atoms with Crippen molar-refractivity contribution >= 4 is 11.6 Å². The zero-order chi connectivity index (χ0) is 14.2. The predicted octanol–water partition coefficient (Wildman–Crippen LogP) is 1.46. The van der Waals surface area contributed by atoms with Gasteiger partial charge in [-0.05, 0) is 24.3 Å². The first kappa shape index (κ1) is 13.7. The van der Waals surface area contributed by atoms with Crippen molar-refractivity contribution < 1.29 is 9.90 Å². The molecule has 0 saturated heterocycles. The highest BCUT2D eigenvalue weighted by molar-refractivity contribution is 6.04. The number of nitrogens with one attached hydrogen (secondary N) is 1. The normalized spacial score (nSPS) is 9.45. The molecule has 0 atom stereocenters. The molecule has 0 radical (unpaired) electrons. The first-order valence-corrected chi connectivity index (χ1v) is 6.07. The van der Waals surface area contributed by atoms with Crippen molar-refractivity contribution in [3.63, 3.8) is 0 Å². The summed E-state index contributed by atoms with van der Waals surface area (Å²) in [5.74, 6) is 5.50. The molecule has 0 aliphatic heterocycles. The van der Waals surface area contributed by atoms with Crippen LogP contribution in [0.25, 0.3) is 0 Å². The highest BCUT2D eigenvalue weighted by atomic mass is 16.2. The summed E-state index contributed by atoms with van der Waals surface area (Å²) in [4.78, 5) is 11.9. The minimum atomic E-state index is -0.250. The Morgan fingerprint density at radius 2 is 2.20 bits per heavy atom. The Bertz CT molecular complexity index is 645. The van der Waals surface area contributed by atoms with E-state index in [0.29, 0.717) is 17.7 Å². The average Bonchev–Trinajstić information content (AvgIpc) is 2.49. The van der Waals surface area contributed by atoms with Gasteiger partial charge in [-0.15, -0.1) is 0 Å². The number of rotatable bonds is 3. The molecular weight excluding hydrogens is 254 g/mol. The molecule has 20 heavy (non-hydrogen) atoms. The SMILES string of the molecule is O=C(Nc1cccc(C#CCCO)c1)c1ccnnc1. The third kappa shape index (κ3) is 3.90. The summed E-state index contributed by atoms with van der Waals surface area (Å²) in [5.41, 5.74) is 1.88. The molecule has 0 aliphatic carbocycles. The van der Waals surface area contributed by atoms with Gasteiger partial charge in [-0.2, -0.15) is 10.2 Å². The van der Waals surface area contributed by atoms with Gasteiger partial charge in [0.25, 0.3) is 5.91 Å². The maximum Gasteiger partial charge on any atom is 0.257 e. The van der Waals surface area contributed by atoms with Crippen LogP contribution in [0.3, 0.4) is 0 Å². The third-order valence-electron chi connectivity index (χ3n) is 2.44. The van der Waals surface area contributed by atoms with Crippen molar-refractivity contribution in [3.8, 4) is 11.8 Å². The molecule has 1 aromatic carbocycles. The number of aliphatic hydroxyl groups is 1. The Morgan fingerprint density at radius 1 is 1.30 bits per heavy atom. The van der Waals surface area contributed by atoms with Gasteiger partial charge in [-0.3, -0.25) is 4.79 Å². The van der Waals surface area contributed by atoms with Crippen LogP contribution in [-0.2, 0) is 0 Å². The molecule has 1 aromatic heterocycles. The van der Waals surface area contributed by atoms with E-state index in [9.17, 15) is 4.79 Å². The van der Waals surface area contributed by atoms with E-state index in [1.165, 1.54) is 12.4 Å². The van der Waals surface area contributed by atoms with E-state index in [1.54, 1.807) is 18.2 Å². The van der Waals surface area contributed by atoms with Crippen molar-refractivity contribution in [1.29, 1.82) is 0 Å². The molecule has 2 N–H and O–H groups in total. The molecule has 0 spiro atoms. The van der Waals surface area contributed by atoms with Gasteiger partial charge in [-0.1, -0.05) is 17.9 Å². The van der Waals surface area contributed by atoms with Crippen LogP contribution >= 0.6 is 0 Å². The van der Waals surface area contributed by atoms with E-state index in [0.717, 1.165) is 5.56 Å². The molecule has 1 amide bonds. The molecule has 2 aromatic rings. The van der Waals surface area contributed by atoms with Gasteiger partial charge in [-0.25, -0.2) is 0 Å². The number of hydrogen-bond acceptors (Lipinski definition) is 4. The minimum absolute atomic E-state index is 0.0401. The summed E-state index contributed by atoms with van der Waals surface area (Å²) in [6, 6.07) is 8.80. The lowest BCUT2D eigenvalue weighted by molar-refractivity contribution is 0.102. The number of carbonyl (C=O) groups is 1. The van der Waals surface area contributed by atoms with Crippen molar-refractivity contribution in [2.45, 2.75) is 6.42 Å². The van der Waals surface area contributed by atoms with Crippen molar-refractivity contribution in [2.24, 2.45) is 0 Å². The number of benzene rings is 1. The monoisotopic (exact) mass is 267 g/mol. The first-order valence-electron chi connectivity index (χ1n) is 6.07. The van der Waals surface area contributed by atoms with Crippen molar-refractivity contribution in [3.05, 3.63) is 53.9 Å². The number of hydrogen-bond donors (Lipinski definition) is 2. The second-order valence-corrected chi connectivity index (χ2v) is 3.94. The molecule has 0 unspecified atom stereocenters. The van der Waals surface area contributed by atoms with Gasteiger partial charge in [0.15, 0.2) is 0 Å². The Morgan fingerprint density at radius 3 is 2.95 bits per heavy atom. The fourth-order valence-electron chi connectivity index (χ4n) is 1.52. The highest BCUT2D eigenvalue weighted by Crippen LogP contribution is 2.11. The first-order chi connectivity index (χ1) is 9.79. The van der Waals surface area contributed by atoms with Gasteiger partial charge in [0.1, 0.15) is 0 Å². The second-order valence-electron chi connectivity index (χ2n) is 3.94. The summed E-state index contributed by atoms with van der Waals surface area (Å²) < 4.78 is 0. The van der Waals surface area contributed by atoms with E-state index in [-0.39, 0.29) is 12.5 Å². The fourth-order valence-corrected chi connectivity index (χ4v) is 1.52. The predicted molar refractivity (Wildman–Crippen MR) is 75.0 cm³/mol. The Labute approximate surface area is 116 Å². The van der Waals surface area contributed by atoms with Crippen LogP contribution in [0.5, 0.6) is 0 Å². The van der Waals surface area contributed by atoms with E-state index in [1.807, 2.05) is 12.1 Å². The number of aliphatic hydroxyl groups excluding tert-OH is 1. The Hall–Kier alpha value is -2.71. The molecular formula is C15H13N3O2. The van der Waals surface area contributed by atoms with Gasteiger partial charge in [0, 0.05) is 17.7 Å². The zero-order valence-corrected chi connectivity index (χ0v) is 10.7. The van der Waals surface area contributed by atoms with Gasteiger partial charge < -0.3 is 10.4 Å². The lowest BCUT2D eigenvalue weighted by atomic mass is 10.2. The Balaban J connectivity index is 2.09. The average molecular weight is 267 g/mol. The lowest BCUT2D eigenvalue weighted by Gasteiger charge is -2.04. The van der Waals surface area contributed by atoms with Gasteiger partial charge >= 0.3 is 0 Å². The van der Waals surface area contributed by atoms with Gasteiger partial charge in [0.2, 0.25) is 0 Å². The second kappa shape index (κ2) is 7.02. The number of anilines is 1. The number of carbonyl (C=O) groups excluding carboxylic acids is 1. The summed E-state index contributed by atoms with van der Waals surface area (Å²) in [7, 11) is 0. The van der Waals surface area contributed by atoms with Crippen LogP contribution in [0.1, 0.15) is 22.3 Å². The summed E-state index contributed by atoms with van der Waals surface area (Å²) >= 11 is 0. The summed E-state index contributed by atoms with van der Waals surface area (Å²) in [5, 5.41) is 18.7. The van der Waals surface area contributed by atoms with E-state index >= 15 is 0 Å². The molecule has 0 aliphatic rings. The molecule has 0 fully saturated rings. The number of aromatic nitrogens is 2. The minimum Gasteiger partial charge on any atom is -0.395 e. The standard InChI is InChI=1S/C15H13N3O2/c19-9-2-1-4-12-5-3-6-14(10-12)18-15(20)13-7-8-16-17-11-13/h3,5-8,10-11,19H,2,9H2,(H,18,20). The third-order valence-corrected chi connectivity index (χ3v) is 2.44. The molecule has 5 heteroatoms. The topological polar surface area (TPSA) is 75.1 Å². The zero-order valence-electron chi connectivity index (χ0n) is 10.7. The maximum absolute atomic E-state index is 11.9. The van der Waals surface area contributed by atoms with Crippen LogP contribution in [0.15, 0.2) is 42.7 Å². The van der Waals surface area contributed by atoms with Crippen molar-refractivity contribution in [1.82, 2.24) is 10.2 Å². The van der Waals surface area contributed by atoms with E-state index in [4.69, 9.17) is 5.11 Å². The quantitative estimate of drug-likeness (QED) is 0.826. The Kier molecular flexibility index (Phi) is 4.81. The van der Waals surface area contributed by atoms with Crippen LogP contribution in [0.4, 0.5) is 5.69 Å². The summed E-state index contributed by atoms with van der Waals surface area (Å²) in [6.45, 7) is 0.0401. The number of nitrogens with zero attached hydrogens (tertiary/aromatic N) is 2. The number of amides is 1. The maximum atomic E-state index is 11.9. The van der Waals surface area contributed by atoms with Gasteiger partial charge in [0.05, 0.1) is 24.6 Å². The molecule has 1 heterocycles. The molecule has 2 rings (SSSR count). The van der Waals surface area contributed by atoms with E-state index < -0.39 is 0 Å². The molecule has 0 bridgehead atoms. The van der Waals surface area contributed by atoms with Crippen molar-refractivity contribution in [2.75, 3.05) is 11.9 Å². The van der Waals surface area contributed by atoms with Crippen LogP contribution < -0.4 is 5.32 Å².